The topological polar surface area (TPSA) is 89.8 Å². The van der Waals surface area contributed by atoms with E-state index in [0.29, 0.717) is 17.2 Å². The third-order valence-corrected chi connectivity index (χ3v) is 3.64. The molecule has 0 radical (unpaired) electrons. The monoisotopic (exact) mass is 327 g/mol. The molecule has 1 heterocycles. The average Bonchev–Trinajstić information content (AvgIpc) is 2.54. The van der Waals surface area contributed by atoms with Crippen LogP contribution in [-0.4, -0.2) is 32.6 Å². The Kier molecular flexibility index (Phi) is 5.42. The third kappa shape index (κ3) is 3.66. The number of nitrogens with one attached hydrogen (secondary N) is 2. The fourth-order valence-corrected chi connectivity index (χ4v) is 2.46. The van der Waals surface area contributed by atoms with Gasteiger partial charge in [-0.2, -0.15) is 5.26 Å². The SMILES string of the molecule is CCOC(=O)C1=C(C)NC(NC#N)=N[C@H]1c1ccc(N(C)C)cc1. The van der Waals surface area contributed by atoms with Crippen molar-refractivity contribution in [2.24, 2.45) is 4.99 Å². The molecule has 1 aliphatic heterocycles. The van der Waals surface area contributed by atoms with Gasteiger partial charge in [0.25, 0.3) is 0 Å². The normalized spacial score (nSPS) is 16.6. The molecule has 7 nitrogen and oxygen atoms in total. The summed E-state index contributed by atoms with van der Waals surface area (Å²) in [5, 5.41) is 14.2. The Balaban J connectivity index is 2.44. The van der Waals surface area contributed by atoms with Gasteiger partial charge in [0.15, 0.2) is 6.19 Å². The number of hydrogen-bond acceptors (Lipinski definition) is 7. The van der Waals surface area contributed by atoms with Gasteiger partial charge in [-0.05, 0) is 31.5 Å². The predicted octanol–water partition coefficient (Wildman–Crippen LogP) is 1.66. The molecule has 0 saturated carbocycles. The summed E-state index contributed by atoms with van der Waals surface area (Å²) in [5.41, 5.74) is 2.95. The molecular formula is C17H21N5O2. The molecule has 1 atom stereocenters. The number of esters is 1. The minimum Gasteiger partial charge on any atom is -0.463 e. The third-order valence-electron chi connectivity index (χ3n) is 3.64. The molecule has 7 heteroatoms. The van der Waals surface area contributed by atoms with Gasteiger partial charge in [-0.1, -0.05) is 12.1 Å². The maximum Gasteiger partial charge on any atom is 0.338 e. The molecular weight excluding hydrogens is 306 g/mol. The Morgan fingerprint density at radius 1 is 1.42 bits per heavy atom. The highest BCUT2D eigenvalue weighted by Crippen LogP contribution is 2.32. The molecule has 1 aromatic rings. The van der Waals surface area contributed by atoms with Crippen molar-refractivity contribution in [2.75, 3.05) is 25.6 Å². The Hall–Kier alpha value is -3.01. The van der Waals surface area contributed by atoms with Crippen LogP contribution in [0, 0.1) is 11.5 Å². The van der Waals surface area contributed by atoms with Gasteiger partial charge in [0.1, 0.15) is 6.04 Å². The fraction of sp³-hybridized carbons (Fsp3) is 0.353. The lowest BCUT2D eigenvalue weighted by atomic mass is 9.96. The summed E-state index contributed by atoms with van der Waals surface area (Å²) < 4.78 is 5.16. The number of hydrogen-bond donors (Lipinski definition) is 2. The molecule has 0 fully saturated rings. The first-order valence-electron chi connectivity index (χ1n) is 7.63. The minimum absolute atomic E-state index is 0.287. The van der Waals surface area contributed by atoms with Crippen molar-refractivity contribution in [2.45, 2.75) is 19.9 Å². The molecule has 0 spiro atoms. The Bertz CT molecular complexity index is 713. The van der Waals surface area contributed by atoms with Crippen LogP contribution in [0.1, 0.15) is 25.5 Å². The molecule has 0 aromatic heterocycles. The lowest BCUT2D eigenvalue weighted by molar-refractivity contribution is -0.138. The van der Waals surface area contributed by atoms with Crippen LogP contribution < -0.4 is 15.5 Å². The zero-order valence-corrected chi connectivity index (χ0v) is 14.3. The van der Waals surface area contributed by atoms with Crippen LogP contribution in [0.4, 0.5) is 5.69 Å². The number of rotatable bonds is 4. The Morgan fingerprint density at radius 3 is 2.62 bits per heavy atom. The average molecular weight is 327 g/mol. The second-order valence-corrected chi connectivity index (χ2v) is 5.49. The summed E-state index contributed by atoms with van der Waals surface area (Å²) in [4.78, 5) is 18.8. The van der Waals surface area contributed by atoms with Crippen molar-refractivity contribution in [3.8, 4) is 6.19 Å². The van der Waals surface area contributed by atoms with Crippen LogP contribution in [0.3, 0.4) is 0 Å². The number of benzene rings is 1. The van der Waals surface area contributed by atoms with Crippen molar-refractivity contribution >= 4 is 17.6 Å². The summed E-state index contributed by atoms with van der Waals surface area (Å²) >= 11 is 0. The zero-order chi connectivity index (χ0) is 17.7. The van der Waals surface area contributed by atoms with Crippen molar-refractivity contribution in [3.63, 3.8) is 0 Å². The molecule has 1 aliphatic rings. The first kappa shape index (κ1) is 17.3. The van der Waals surface area contributed by atoms with Gasteiger partial charge in [0.2, 0.25) is 5.96 Å². The maximum absolute atomic E-state index is 12.3. The van der Waals surface area contributed by atoms with Crippen molar-refractivity contribution in [3.05, 3.63) is 41.1 Å². The first-order chi connectivity index (χ1) is 11.5. The number of guanidine groups is 1. The number of ether oxygens (including phenoxy) is 1. The van der Waals surface area contributed by atoms with Gasteiger partial charge in [0, 0.05) is 25.5 Å². The molecule has 0 aliphatic carbocycles. The molecule has 0 saturated heterocycles. The van der Waals surface area contributed by atoms with Crippen molar-refractivity contribution < 1.29 is 9.53 Å². The fourth-order valence-electron chi connectivity index (χ4n) is 2.46. The number of carbonyl (C=O) groups is 1. The van der Waals surface area contributed by atoms with Crippen LogP contribution in [0.5, 0.6) is 0 Å². The van der Waals surface area contributed by atoms with E-state index in [1.165, 1.54) is 0 Å². The van der Waals surface area contributed by atoms with Gasteiger partial charge in [0.05, 0.1) is 12.2 Å². The lowest BCUT2D eigenvalue weighted by Gasteiger charge is -2.25. The van der Waals surface area contributed by atoms with Crippen molar-refractivity contribution in [1.82, 2.24) is 10.6 Å². The van der Waals surface area contributed by atoms with Gasteiger partial charge < -0.3 is 15.0 Å². The van der Waals surface area contributed by atoms with Gasteiger partial charge in [-0.15, -0.1) is 0 Å². The molecule has 0 bridgehead atoms. The molecule has 1 aromatic carbocycles. The van der Waals surface area contributed by atoms with E-state index in [9.17, 15) is 4.79 Å². The smallest absolute Gasteiger partial charge is 0.338 e. The molecule has 0 amide bonds. The van der Waals surface area contributed by atoms with E-state index in [1.807, 2.05) is 49.5 Å². The molecule has 2 N–H and O–H groups in total. The number of aliphatic imine (C=N–C) groups is 1. The predicted molar refractivity (Wildman–Crippen MR) is 92.2 cm³/mol. The first-order valence-corrected chi connectivity index (χ1v) is 7.63. The molecule has 0 unspecified atom stereocenters. The number of carbonyl (C=O) groups excluding carboxylic acids is 1. The highest BCUT2D eigenvalue weighted by molar-refractivity contribution is 5.95. The zero-order valence-electron chi connectivity index (χ0n) is 14.3. The highest BCUT2D eigenvalue weighted by Gasteiger charge is 2.30. The second kappa shape index (κ2) is 7.51. The largest absolute Gasteiger partial charge is 0.463 e. The molecule has 2 rings (SSSR count). The second-order valence-electron chi connectivity index (χ2n) is 5.49. The van der Waals surface area contributed by atoms with E-state index in [1.54, 1.807) is 13.8 Å². The molecule has 24 heavy (non-hydrogen) atoms. The van der Waals surface area contributed by atoms with Gasteiger partial charge in [-0.25, -0.2) is 9.79 Å². The summed E-state index contributed by atoms with van der Waals surface area (Å²) in [6, 6.07) is 7.24. The quantitative estimate of drug-likeness (QED) is 0.497. The van der Waals surface area contributed by atoms with Crippen LogP contribution >= 0.6 is 0 Å². The summed E-state index contributed by atoms with van der Waals surface area (Å²) in [6.45, 7) is 3.81. The Labute approximate surface area is 141 Å². The summed E-state index contributed by atoms with van der Waals surface area (Å²) in [6.07, 6.45) is 1.83. The number of anilines is 1. The van der Waals surface area contributed by atoms with Gasteiger partial charge in [-0.3, -0.25) is 5.32 Å². The van der Waals surface area contributed by atoms with E-state index in [0.717, 1.165) is 11.3 Å². The van der Waals surface area contributed by atoms with E-state index in [4.69, 9.17) is 10.00 Å². The number of nitrogens with zero attached hydrogens (tertiary/aromatic N) is 3. The highest BCUT2D eigenvalue weighted by atomic mass is 16.5. The van der Waals surface area contributed by atoms with E-state index in [2.05, 4.69) is 15.6 Å². The summed E-state index contributed by atoms with van der Waals surface area (Å²) in [5.74, 6) is -0.103. The van der Waals surface area contributed by atoms with E-state index < -0.39 is 12.0 Å². The van der Waals surface area contributed by atoms with Crippen LogP contribution in [0.15, 0.2) is 40.5 Å². The van der Waals surface area contributed by atoms with Crippen LogP contribution in [0.25, 0.3) is 0 Å². The number of allylic oxidation sites excluding steroid dienone is 1. The van der Waals surface area contributed by atoms with Crippen LogP contribution in [0.2, 0.25) is 0 Å². The molecule has 126 valence electrons. The minimum atomic E-state index is -0.530. The van der Waals surface area contributed by atoms with E-state index >= 15 is 0 Å². The van der Waals surface area contributed by atoms with Crippen molar-refractivity contribution in [1.29, 1.82) is 5.26 Å². The Morgan fingerprint density at radius 2 is 2.08 bits per heavy atom. The summed E-state index contributed by atoms with van der Waals surface area (Å²) in [7, 11) is 3.92. The standard InChI is InChI=1S/C17H21N5O2/c1-5-24-16(23)14-11(2)20-17(19-10-18)21-15(14)12-6-8-13(9-7-12)22(3)4/h6-9,15H,5H2,1-4H3,(H2,19,20,21)/t15-/m0/s1. The van der Waals surface area contributed by atoms with E-state index in [-0.39, 0.29) is 6.61 Å². The number of nitriles is 1. The van der Waals surface area contributed by atoms with Crippen LogP contribution in [-0.2, 0) is 9.53 Å². The maximum atomic E-state index is 12.3. The van der Waals surface area contributed by atoms with Gasteiger partial charge >= 0.3 is 5.97 Å². The lowest BCUT2D eigenvalue weighted by Crippen LogP contribution is -2.39.